The summed E-state index contributed by atoms with van der Waals surface area (Å²) in [5, 5.41) is 2.75. The summed E-state index contributed by atoms with van der Waals surface area (Å²) in [6.45, 7) is 9.84. The Morgan fingerprint density at radius 2 is 1.42 bits per heavy atom. The fourth-order valence-electron chi connectivity index (χ4n) is 3.23. The fraction of sp³-hybridized carbons (Fsp3) is 0.333. The van der Waals surface area contributed by atoms with Crippen molar-refractivity contribution in [1.82, 2.24) is 0 Å². The smallest absolute Gasteiger partial charge is 0.261 e. The second-order valence-electron chi connectivity index (χ2n) is 7.09. The van der Waals surface area contributed by atoms with Crippen LogP contribution in [0.2, 0.25) is 5.04 Å². The molecule has 3 heteroatoms. The summed E-state index contributed by atoms with van der Waals surface area (Å²) in [6, 6.07) is 21.6. The first-order chi connectivity index (χ1) is 11.4. The standard InChI is InChI=1S/C21H27IOSi/c1-18(22)12-11-17-23-24(21(2,3)4,19-13-7-5-8-14-19)20-15-9-6-10-16-20/h5-10,12-16H,11,17H2,1-4H3/b18-12+. The molecule has 2 rings (SSSR count). The predicted octanol–water partition coefficient (Wildman–Crippen LogP) is 5.29. The zero-order valence-electron chi connectivity index (χ0n) is 15.1. The quantitative estimate of drug-likeness (QED) is 0.330. The maximum atomic E-state index is 6.81. The number of halogens is 1. The fourth-order valence-corrected chi connectivity index (χ4v) is 8.12. The summed E-state index contributed by atoms with van der Waals surface area (Å²) >= 11 is 2.36. The van der Waals surface area contributed by atoms with Crippen molar-refractivity contribution in [1.29, 1.82) is 0 Å². The van der Waals surface area contributed by atoms with Crippen LogP contribution in [0, 0.1) is 0 Å². The Kier molecular flexibility index (Phi) is 6.84. The lowest BCUT2D eigenvalue weighted by atomic mass is 10.2. The van der Waals surface area contributed by atoms with Crippen molar-refractivity contribution in [2.24, 2.45) is 0 Å². The number of allylic oxidation sites excluding steroid dienone is 1. The second-order valence-corrected chi connectivity index (χ2v) is 13.1. The monoisotopic (exact) mass is 450 g/mol. The second kappa shape index (κ2) is 8.45. The molecule has 24 heavy (non-hydrogen) atoms. The molecule has 0 radical (unpaired) electrons. The molecule has 128 valence electrons. The first-order valence-corrected chi connectivity index (χ1v) is 11.4. The van der Waals surface area contributed by atoms with Crippen molar-refractivity contribution in [2.45, 2.75) is 39.2 Å². The van der Waals surface area contributed by atoms with Gasteiger partial charge in [0.15, 0.2) is 0 Å². The first kappa shape index (κ1) is 19.4. The highest BCUT2D eigenvalue weighted by atomic mass is 127. The van der Waals surface area contributed by atoms with Crippen molar-refractivity contribution in [3.05, 3.63) is 70.3 Å². The van der Waals surface area contributed by atoms with Gasteiger partial charge < -0.3 is 4.43 Å². The molecule has 0 spiro atoms. The van der Waals surface area contributed by atoms with Gasteiger partial charge in [-0.25, -0.2) is 0 Å². The molecular formula is C21H27IOSi. The Bertz CT molecular complexity index is 616. The SMILES string of the molecule is C/C(I)=C\CCO[Si](c1ccccc1)(c1ccccc1)C(C)(C)C. The zero-order valence-corrected chi connectivity index (χ0v) is 18.2. The summed E-state index contributed by atoms with van der Waals surface area (Å²) in [4.78, 5) is 0. The molecular weight excluding hydrogens is 423 g/mol. The number of rotatable bonds is 6. The highest BCUT2D eigenvalue weighted by molar-refractivity contribution is 14.1. The number of hydrogen-bond donors (Lipinski definition) is 0. The van der Waals surface area contributed by atoms with Crippen LogP contribution in [0.25, 0.3) is 0 Å². The van der Waals surface area contributed by atoms with Gasteiger partial charge in [0.25, 0.3) is 8.32 Å². The minimum atomic E-state index is -2.35. The summed E-state index contributed by atoms with van der Waals surface area (Å²) in [6.07, 6.45) is 3.21. The van der Waals surface area contributed by atoms with Crippen LogP contribution in [0.5, 0.6) is 0 Å². The Balaban J connectivity index is 2.51. The van der Waals surface area contributed by atoms with Gasteiger partial charge in [-0.2, -0.15) is 0 Å². The van der Waals surface area contributed by atoms with E-state index in [0.717, 1.165) is 13.0 Å². The Labute approximate surface area is 161 Å². The molecule has 2 aromatic carbocycles. The van der Waals surface area contributed by atoms with E-state index in [1.54, 1.807) is 0 Å². The van der Waals surface area contributed by atoms with Crippen LogP contribution < -0.4 is 10.4 Å². The van der Waals surface area contributed by atoms with E-state index in [4.69, 9.17) is 4.43 Å². The molecule has 0 fully saturated rings. The van der Waals surface area contributed by atoms with Crippen molar-refractivity contribution in [3.63, 3.8) is 0 Å². The van der Waals surface area contributed by atoms with Crippen LogP contribution in [0.1, 0.15) is 34.1 Å². The van der Waals surface area contributed by atoms with E-state index in [1.807, 2.05) is 0 Å². The molecule has 0 unspecified atom stereocenters. The van der Waals surface area contributed by atoms with Crippen LogP contribution in [0.15, 0.2) is 70.3 Å². The number of hydrogen-bond acceptors (Lipinski definition) is 1. The molecule has 0 heterocycles. The molecule has 0 atom stereocenters. The van der Waals surface area contributed by atoms with E-state index >= 15 is 0 Å². The lowest BCUT2D eigenvalue weighted by Gasteiger charge is -2.43. The van der Waals surface area contributed by atoms with Gasteiger partial charge in [0.05, 0.1) is 0 Å². The van der Waals surface area contributed by atoms with Crippen LogP contribution in [-0.2, 0) is 4.43 Å². The molecule has 0 aliphatic heterocycles. The Morgan fingerprint density at radius 3 is 1.79 bits per heavy atom. The maximum absolute atomic E-state index is 6.81. The number of benzene rings is 2. The Morgan fingerprint density at radius 1 is 0.958 bits per heavy atom. The van der Waals surface area contributed by atoms with Crippen LogP contribution in [0.4, 0.5) is 0 Å². The third kappa shape index (κ3) is 4.38. The van der Waals surface area contributed by atoms with Crippen molar-refractivity contribution < 1.29 is 4.43 Å². The average molecular weight is 450 g/mol. The van der Waals surface area contributed by atoms with E-state index < -0.39 is 8.32 Å². The largest absolute Gasteiger partial charge is 0.407 e. The average Bonchev–Trinajstić information content (AvgIpc) is 2.55. The van der Waals surface area contributed by atoms with E-state index in [2.05, 4.69) is 117 Å². The van der Waals surface area contributed by atoms with E-state index in [0.29, 0.717) is 0 Å². The highest BCUT2D eigenvalue weighted by Gasteiger charge is 2.49. The summed E-state index contributed by atoms with van der Waals surface area (Å²) in [5.74, 6) is 0. The predicted molar refractivity (Wildman–Crippen MR) is 116 cm³/mol. The summed E-state index contributed by atoms with van der Waals surface area (Å²) in [5.41, 5.74) is 0. The normalized spacial score (nSPS) is 13.1. The van der Waals surface area contributed by atoms with E-state index in [-0.39, 0.29) is 5.04 Å². The Hall–Kier alpha value is -0.913. The van der Waals surface area contributed by atoms with Gasteiger partial charge in [0.1, 0.15) is 0 Å². The first-order valence-electron chi connectivity index (χ1n) is 8.45. The van der Waals surface area contributed by atoms with Gasteiger partial charge in [-0.05, 0) is 54.9 Å². The molecule has 0 amide bonds. The van der Waals surface area contributed by atoms with E-state index in [1.165, 1.54) is 14.0 Å². The highest BCUT2D eigenvalue weighted by Crippen LogP contribution is 2.36. The van der Waals surface area contributed by atoms with Crippen LogP contribution in [-0.4, -0.2) is 14.9 Å². The molecule has 0 saturated carbocycles. The minimum absolute atomic E-state index is 0.0544. The third-order valence-corrected chi connectivity index (χ3v) is 9.76. The van der Waals surface area contributed by atoms with Crippen molar-refractivity contribution in [2.75, 3.05) is 6.61 Å². The molecule has 2 aromatic rings. The summed E-state index contributed by atoms with van der Waals surface area (Å²) in [7, 11) is -2.35. The lowest BCUT2D eigenvalue weighted by molar-refractivity contribution is 0.304. The van der Waals surface area contributed by atoms with E-state index in [9.17, 15) is 0 Å². The minimum Gasteiger partial charge on any atom is -0.407 e. The van der Waals surface area contributed by atoms with Crippen molar-refractivity contribution in [3.8, 4) is 0 Å². The molecule has 0 N–H and O–H groups in total. The van der Waals surface area contributed by atoms with Gasteiger partial charge in [-0.3, -0.25) is 0 Å². The van der Waals surface area contributed by atoms with Gasteiger partial charge in [-0.1, -0.05) is 87.5 Å². The zero-order chi connectivity index (χ0) is 17.6. The maximum Gasteiger partial charge on any atom is 0.261 e. The molecule has 0 aliphatic rings. The van der Waals surface area contributed by atoms with Crippen LogP contribution in [0.3, 0.4) is 0 Å². The summed E-state index contributed by atoms with van der Waals surface area (Å²) < 4.78 is 8.13. The van der Waals surface area contributed by atoms with Gasteiger partial charge in [-0.15, -0.1) is 0 Å². The molecule has 0 aliphatic carbocycles. The molecule has 0 bridgehead atoms. The third-order valence-electron chi connectivity index (χ3n) is 4.28. The molecule has 0 saturated heterocycles. The van der Waals surface area contributed by atoms with Gasteiger partial charge >= 0.3 is 0 Å². The van der Waals surface area contributed by atoms with Crippen molar-refractivity contribution >= 4 is 41.3 Å². The van der Waals surface area contributed by atoms with Gasteiger partial charge in [0, 0.05) is 6.61 Å². The molecule has 1 nitrogen and oxygen atoms in total. The van der Waals surface area contributed by atoms with Crippen LogP contribution >= 0.6 is 22.6 Å². The lowest BCUT2D eigenvalue weighted by Crippen LogP contribution is -2.66. The van der Waals surface area contributed by atoms with Gasteiger partial charge in [0.2, 0.25) is 0 Å². The molecule has 0 aromatic heterocycles. The topological polar surface area (TPSA) is 9.23 Å².